The van der Waals surface area contributed by atoms with E-state index in [-0.39, 0.29) is 6.61 Å². The van der Waals surface area contributed by atoms with E-state index in [0.29, 0.717) is 0 Å². The van der Waals surface area contributed by atoms with Crippen LogP contribution in [0, 0.1) is 0 Å². The summed E-state index contributed by atoms with van der Waals surface area (Å²) in [5, 5.41) is 9.49. The molecule has 0 fully saturated rings. The van der Waals surface area contributed by atoms with Gasteiger partial charge < -0.3 is 9.84 Å². The zero-order valence-electron chi connectivity index (χ0n) is 16.8. The van der Waals surface area contributed by atoms with Gasteiger partial charge in [0.1, 0.15) is 5.75 Å². The van der Waals surface area contributed by atoms with Gasteiger partial charge in [0.25, 0.3) is 0 Å². The number of ether oxygens (including phenoxy) is 1. The van der Waals surface area contributed by atoms with Gasteiger partial charge in [-0.2, -0.15) is 0 Å². The summed E-state index contributed by atoms with van der Waals surface area (Å²) in [7, 11) is 0. The lowest BCUT2D eigenvalue weighted by atomic mass is 9.87. The number of benzene rings is 3. The van der Waals surface area contributed by atoms with Crippen LogP contribution in [0.5, 0.6) is 5.75 Å². The molecule has 3 aromatic rings. The van der Waals surface area contributed by atoms with E-state index in [4.69, 9.17) is 4.74 Å². The van der Waals surface area contributed by atoms with Gasteiger partial charge in [-0.3, -0.25) is 0 Å². The quantitative estimate of drug-likeness (QED) is 0.356. The van der Waals surface area contributed by atoms with Crippen molar-refractivity contribution in [1.82, 2.24) is 0 Å². The average Bonchev–Trinajstić information content (AvgIpc) is 2.77. The fraction of sp³-hybridized carbons (Fsp3) is 0.231. The normalized spacial score (nSPS) is 11.8. The first-order valence-electron chi connectivity index (χ1n) is 10.1. The molecule has 0 aliphatic heterocycles. The van der Waals surface area contributed by atoms with Gasteiger partial charge in [0.2, 0.25) is 0 Å². The van der Waals surface area contributed by atoms with E-state index in [1.165, 1.54) is 16.7 Å². The van der Waals surface area contributed by atoms with Crippen molar-refractivity contribution >= 4 is 27.1 Å². The van der Waals surface area contributed by atoms with Crippen LogP contribution in [0.2, 0.25) is 0 Å². The molecule has 0 unspecified atom stereocenters. The molecular formula is C26H27BrO2. The number of aliphatic hydroxyl groups is 1. The molecule has 0 spiro atoms. The molecule has 0 amide bonds. The lowest BCUT2D eigenvalue weighted by Crippen LogP contribution is -1.98. The summed E-state index contributed by atoms with van der Waals surface area (Å²) in [4.78, 5) is 0. The topological polar surface area (TPSA) is 29.5 Å². The van der Waals surface area contributed by atoms with E-state index < -0.39 is 0 Å². The van der Waals surface area contributed by atoms with Crippen LogP contribution in [-0.2, 0) is 0 Å². The van der Waals surface area contributed by atoms with Gasteiger partial charge in [0.05, 0.1) is 6.61 Å². The molecule has 2 nitrogen and oxygen atoms in total. The zero-order chi connectivity index (χ0) is 20.5. The van der Waals surface area contributed by atoms with Crippen molar-refractivity contribution in [3.63, 3.8) is 0 Å². The number of aliphatic hydroxyl groups excluding tert-OH is 1. The second-order valence-corrected chi connectivity index (χ2v) is 7.84. The molecule has 0 aromatic heterocycles. The maximum absolute atomic E-state index is 9.49. The summed E-state index contributed by atoms with van der Waals surface area (Å²) in [6.07, 6.45) is 2.52. The van der Waals surface area contributed by atoms with Crippen LogP contribution < -0.4 is 4.74 Å². The lowest BCUT2D eigenvalue weighted by molar-refractivity contribution is 0.290. The molecule has 3 heteroatoms. The van der Waals surface area contributed by atoms with Crippen LogP contribution >= 0.6 is 15.9 Å². The molecule has 0 aliphatic rings. The molecule has 0 bridgehead atoms. The molecule has 0 atom stereocenters. The highest BCUT2D eigenvalue weighted by molar-refractivity contribution is 9.10. The second-order valence-electron chi connectivity index (χ2n) is 6.93. The smallest absolute Gasteiger partial charge is 0.119 e. The van der Waals surface area contributed by atoms with Crippen molar-refractivity contribution in [2.45, 2.75) is 26.2 Å². The van der Waals surface area contributed by atoms with E-state index in [2.05, 4.69) is 83.5 Å². The second kappa shape index (κ2) is 11.0. The Labute approximate surface area is 182 Å². The average molecular weight is 451 g/mol. The number of halogens is 1. The largest absolute Gasteiger partial charge is 0.494 e. The minimum absolute atomic E-state index is 0.174. The monoisotopic (exact) mass is 450 g/mol. The Hall–Kier alpha value is -2.36. The highest BCUT2D eigenvalue weighted by atomic mass is 79.9. The van der Waals surface area contributed by atoms with Crippen LogP contribution in [-0.4, -0.2) is 18.3 Å². The van der Waals surface area contributed by atoms with Crippen LogP contribution in [0.25, 0.3) is 11.1 Å². The van der Waals surface area contributed by atoms with Gasteiger partial charge in [-0.25, -0.2) is 0 Å². The molecule has 0 radical (unpaired) electrons. The van der Waals surface area contributed by atoms with Crippen molar-refractivity contribution in [3.8, 4) is 5.75 Å². The first kappa shape index (κ1) is 21.4. The third-order valence-corrected chi connectivity index (χ3v) is 5.29. The molecule has 0 saturated heterocycles. The SMILES string of the molecule is CCCOc1ccc(/C(=C(/CCCO)c2ccccc2)c2ccc(Br)cc2)cc1. The number of hydrogen-bond donors (Lipinski definition) is 1. The van der Waals surface area contributed by atoms with E-state index in [0.717, 1.165) is 47.2 Å². The highest BCUT2D eigenvalue weighted by Gasteiger charge is 2.14. The third kappa shape index (κ3) is 5.81. The summed E-state index contributed by atoms with van der Waals surface area (Å²) >= 11 is 3.54. The van der Waals surface area contributed by atoms with Crippen molar-refractivity contribution in [2.75, 3.05) is 13.2 Å². The number of rotatable bonds is 9. The van der Waals surface area contributed by atoms with Crippen LogP contribution in [0.15, 0.2) is 83.3 Å². The molecule has 0 heterocycles. The van der Waals surface area contributed by atoms with Gasteiger partial charge >= 0.3 is 0 Å². The summed E-state index contributed by atoms with van der Waals surface area (Å²) in [6.45, 7) is 3.00. The molecule has 0 aliphatic carbocycles. The first-order chi connectivity index (χ1) is 14.2. The van der Waals surface area contributed by atoms with Gasteiger partial charge in [-0.05, 0) is 71.4 Å². The van der Waals surface area contributed by atoms with Crippen molar-refractivity contribution in [2.24, 2.45) is 0 Å². The van der Waals surface area contributed by atoms with E-state index in [9.17, 15) is 5.11 Å². The summed E-state index contributed by atoms with van der Waals surface area (Å²) < 4.78 is 6.82. The van der Waals surface area contributed by atoms with Crippen molar-refractivity contribution in [3.05, 3.63) is 100 Å². The van der Waals surface area contributed by atoms with Gasteiger partial charge in [-0.15, -0.1) is 0 Å². The Bertz CT molecular complexity index is 913. The third-order valence-electron chi connectivity index (χ3n) is 4.76. The van der Waals surface area contributed by atoms with E-state index in [1.54, 1.807) is 0 Å². The van der Waals surface area contributed by atoms with Crippen LogP contribution in [0.3, 0.4) is 0 Å². The fourth-order valence-corrected chi connectivity index (χ4v) is 3.64. The maximum Gasteiger partial charge on any atom is 0.119 e. The maximum atomic E-state index is 9.49. The molecule has 150 valence electrons. The first-order valence-corrected chi connectivity index (χ1v) is 10.9. The van der Waals surface area contributed by atoms with E-state index >= 15 is 0 Å². The minimum atomic E-state index is 0.174. The van der Waals surface area contributed by atoms with Crippen molar-refractivity contribution in [1.29, 1.82) is 0 Å². The predicted octanol–water partition coefficient (Wildman–Crippen LogP) is 6.97. The molecule has 1 N–H and O–H groups in total. The Kier molecular flexibility index (Phi) is 8.09. The fourth-order valence-electron chi connectivity index (χ4n) is 3.38. The number of allylic oxidation sites excluding steroid dienone is 1. The molecule has 29 heavy (non-hydrogen) atoms. The highest BCUT2D eigenvalue weighted by Crippen LogP contribution is 2.36. The Morgan fingerprint density at radius 1 is 0.828 bits per heavy atom. The molecule has 3 aromatic carbocycles. The summed E-state index contributed by atoms with van der Waals surface area (Å²) in [5.74, 6) is 0.891. The van der Waals surface area contributed by atoms with Crippen molar-refractivity contribution < 1.29 is 9.84 Å². The zero-order valence-corrected chi connectivity index (χ0v) is 18.4. The summed E-state index contributed by atoms with van der Waals surface area (Å²) in [5.41, 5.74) is 5.92. The van der Waals surface area contributed by atoms with E-state index in [1.807, 2.05) is 18.2 Å². The Morgan fingerprint density at radius 3 is 2.03 bits per heavy atom. The summed E-state index contributed by atoms with van der Waals surface area (Å²) in [6, 6.07) is 27.2. The Morgan fingerprint density at radius 2 is 1.45 bits per heavy atom. The predicted molar refractivity (Wildman–Crippen MR) is 125 cm³/mol. The molecule has 0 saturated carbocycles. The Balaban J connectivity index is 2.14. The molecule has 3 rings (SSSR count). The van der Waals surface area contributed by atoms with Crippen LogP contribution in [0.4, 0.5) is 0 Å². The molecular weight excluding hydrogens is 424 g/mol. The van der Waals surface area contributed by atoms with Gasteiger partial charge in [0, 0.05) is 11.1 Å². The van der Waals surface area contributed by atoms with Crippen LogP contribution in [0.1, 0.15) is 42.9 Å². The standard InChI is InChI=1S/C26H27BrO2/c1-2-19-29-24-16-12-22(13-17-24)26(21-10-14-23(27)15-11-21)25(9-6-18-28)20-7-4-3-5-8-20/h3-5,7-8,10-17,28H,2,6,9,18-19H2,1H3/b26-25-. The minimum Gasteiger partial charge on any atom is -0.494 e. The van der Waals surface area contributed by atoms with Gasteiger partial charge in [0.15, 0.2) is 0 Å². The lowest BCUT2D eigenvalue weighted by Gasteiger charge is -2.18. The number of hydrogen-bond acceptors (Lipinski definition) is 2. The van der Waals surface area contributed by atoms with Gasteiger partial charge in [-0.1, -0.05) is 77.5 Å².